The van der Waals surface area contributed by atoms with Crippen LogP contribution in [0.15, 0.2) is 60.8 Å². The van der Waals surface area contributed by atoms with E-state index in [1.807, 2.05) is 47.4 Å². The van der Waals surface area contributed by atoms with Gasteiger partial charge >= 0.3 is 6.18 Å². The van der Waals surface area contributed by atoms with Crippen molar-refractivity contribution in [2.75, 3.05) is 24.6 Å². The standard InChI is InChI=1S/C23H22F3N3O2/c24-23(25,26)18-6-8-21(27-14-18)29-11-9-19(10-12-29)28-22(30)15-31-20-7-5-16-3-1-2-4-17(16)13-20/h1-8,13-14,19H,9-12,15H2,(H,28,30). The Bertz CT molecular complexity index is 1050. The van der Waals surface area contributed by atoms with Gasteiger partial charge in [-0.25, -0.2) is 4.98 Å². The molecule has 0 spiro atoms. The molecule has 0 aliphatic carbocycles. The molecule has 1 aromatic heterocycles. The summed E-state index contributed by atoms with van der Waals surface area (Å²) in [7, 11) is 0. The lowest BCUT2D eigenvalue weighted by molar-refractivity contribution is -0.137. The molecule has 8 heteroatoms. The summed E-state index contributed by atoms with van der Waals surface area (Å²) in [5.74, 6) is 0.953. The minimum absolute atomic E-state index is 0.00148. The first-order valence-electron chi connectivity index (χ1n) is 10.1. The molecule has 1 aliphatic heterocycles. The molecule has 1 amide bonds. The van der Waals surface area contributed by atoms with Crippen molar-refractivity contribution in [3.05, 3.63) is 66.4 Å². The van der Waals surface area contributed by atoms with Crippen molar-refractivity contribution in [2.45, 2.75) is 25.1 Å². The lowest BCUT2D eigenvalue weighted by Crippen LogP contribution is -2.46. The van der Waals surface area contributed by atoms with Crippen LogP contribution in [0, 0.1) is 0 Å². The molecule has 1 N–H and O–H groups in total. The normalized spacial score (nSPS) is 15.1. The van der Waals surface area contributed by atoms with Crippen LogP contribution in [-0.4, -0.2) is 36.6 Å². The van der Waals surface area contributed by atoms with Gasteiger partial charge in [-0.05, 0) is 47.9 Å². The predicted molar refractivity (Wildman–Crippen MR) is 112 cm³/mol. The fourth-order valence-corrected chi connectivity index (χ4v) is 3.67. The van der Waals surface area contributed by atoms with Crippen molar-refractivity contribution in [1.29, 1.82) is 0 Å². The van der Waals surface area contributed by atoms with Crippen molar-refractivity contribution in [2.24, 2.45) is 0 Å². The van der Waals surface area contributed by atoms with Crippen LogP contribution in [0.1, 0.15) is 18.4 Å². The second-order valence-electron chi connectivity index (χ2n) is 7.53. The third kappa shape index (κ3) is 5.25. The van der Waals surface area contributed by atoms with E-state index in [0.29, 0.717) is 37.5 Å². The number of fused-ring (bicyclic) bond motifs is 1. The SMILES string of the molecule is O=C(COc1ccc2ccccc2c1)NC1CCN(c2ccc(C(F)(F)F)cn2)CC1. The topological polar surface area (TPSA) is 54.5 Å². The summed E-state index contributed by atoms with van der Waals surface area (Å²) < 4.78 is 43.6. The van der Waals surface area contributed by atoms with E-state index in [4.69, 9.17) is 4.74 Å². The second-order valence-corrected chi connectivity index (χ2v) is 7.53. The van der Waals surface area contributed by atoms with E-state index < -0.39 is 11.7 Å². The number of nitrogens with one attached hydrogen (secondary N) is 1. The average Bonchev–Trinajstić information content (AvgIpc) is 2.77. The summed E-state index contributed by atoms with van der Waals surface area (Å²) in [4.78, 5) is 18.1. The Morgan fingerprint density at radius 1 is 1.06 bits per heavy atom. The number of hydrogen-bond acceptors (Lipinski definition) is 4. The number of pyridine rings is 1. The zero-order chi connectivity index (χ0) is 21.8. The van der Waals surface area contributed by atoms with E-state index in [0.717, 1.165) is 23.0 Å². The van der Waals surface area contributed by atoms with Gasteiger partial charge in [0.05, 0.1) is 5.56 Å². The highest BCUT2D eigenvalue weighted by Gasteiger charge is 2.31. The van der Waals surface area contributed by atoms with Crippen molar-refractivity contribution >= 4 is 22.5 Å². The summed E-state index contributed by atoms with van der Waals surface area (Å²) >= 11 is 0. The van der Waals surface area contributed by atoms with Gasteiger partial charge in [0.2, 0.25) is 0 Å². The van der Waals surface area contributed by atoms with E-state index in [2.05, 4.69) is 10.3 Å². The first-order valence-corrected chi connectivity index (χ1v) is 10.1. The molecule has 0 atom stereocenters. The van der Waals surface area contributed by atoms with Crippen molar-refractivity contribution in [3.63, 3.8) is 0 Å². The summed E-state index contributed by atoms with van der Waals surface area (Å²) in [5, 5.41) is 5.12. The van der Waals surface area contributed by atoms with E-state index in [1.54, 1.807) is 0 Å². The molecule has 5 nitrogen and oxygen atoms in total. The third-order valence-electron chi connectivity index (χ3n) is 5.35. The highest BCUT2D eigenvalue weighted by Crippen LogP contribution is 2.29. The minimum Gasteiger partial charge on any atom is -0.484 e. The lowest BCUT2D eigenvalue weighted by atomic mass is 10.0. The van der Waals surface area contributed by atoms with Gasteiger partial charge < -0.3 is 15.0 Å². The van der Waals surface area contributed by atoms with Crippen LogP contribution >= 0.6 is 0 Å². The molecular formula is C23H22F3N3O2. The molecule has 2 heterocycles. The molecular weight excluding hydrogens is 407 g/mol. The Balaban J connectivity index is 1.24. The third-order valence-corrected chi connectivity index (χ3v) is 5.35. The number of alkyl halides is 3. The Morgan fingerprint density at radius 3 is 2.48 bits per heavy atom. The Hall–Kier alpha value is -3.29. The Morgan fingerprint density at radius 2 is 1.81 bits per heavy atom. The molecule has 1 fully saturated rings. The van der Waals surface area contributed by atoms with Crippen LogP contribution in [0.25, 0.3) is 10.8 Å². The summed E-state index contributed by atoms with van der Waals surface area (Å²) in [6.07, 6.45) is -2.17. The highest BCUT2D eigenvalue weighted by atomic mass is 19.4. The van der Waals surface area contributed by atoms with Crippen molar-refractivity contribution in [3.8, 4) is 5.75 Å². The van der Waals surface area contributed by atoms with Crippen LogP contribution < -0.4 is 15.0 Å². The summed E-state index contributed by atoms with van der Waals surface area (Å²) in [6.45, 7) is 1.14. The second kappa shape index (κ2) is 8.83. The van der Waals surface area contributed by atoms with E-state index in [1.165, 1.54) is 6.07 Å². The number of amides is 1. The molecule has 0 radical (unpaired) electrons. The number of rotatable bonds is 5. The number of ether oxygens (including phenoxy) is 1. The Labute approximate surface area is 177 Å². The molecule has 3 aromatic rings. The lowest BCUT2D eigenvalue weighted by Gasteiger charge is -2.33. The zero-order valence-corrected chi connectivity index (χ0v) is 16.7. The largest absolute Gasteiger partial charge is 0.484 e. The predicted octanol–water partition coefficient (Wildman–Crippen LogP) is 4.42. The smallest absolute Gasteiger partial charge is 0.417 e. The Kier molecular flexibility index (Phi) is 5.97. The molecule has 2 aromatic carbocycles. The highest BCUT2D eigenvalue weighted by molar-refractivity contribution is 5.84. The van der Waals surface area contributed by atoms with Gasteiger partial charge in [-0.1, -0.05) is 30.3 Å². The molecule has 0 saturated carbocycles. The number of anilines is 1. The van der Waals surface area contributed by atoms with Crippen LogP contribution in [0.2, 0.25) is 0 Å². The van der Waals surface area contributed by atoms with Crippen molar-refractivity contribution in [1.82, 2.24) is 10.3 Å². The maximum atomic E-state index is 12.7. The molecule has 1 saturated heterocycles. The van der Waals surface area contributed by atoms with Gasteiger partial charge in [-0.2, -0.15) is 13.2 Å². The van der Waals surface area contributed by atoms with Gasteiger partial charge in [-0.15, -0.1) is 0 Å². The molecule has 4 rings (SSSR count). The first kappa shape index (κ1) is 21.0. The minimum atomic E-state index is -4.39. The van der Waals surface area contributed by atoms with Crippen LogP contribution in [0.3, 0.4) is 0 Å². The van der Waals surface area contributed by atoms with E-state index >= 15 is 0 Å². The fraction of sp³-hybridized carbons (Fsp3) is 0.304. The number of carbonyl (C=O) groups excluding carboxylic acids is 1. The maximum Gasteiger partial charge on any atom is 0.417 e. The fourth-order valence-electron chi connectivity index (χ4n) is 3.67. The first-order chi connectivity index (χ1) is 14.9. The number of hydrogen-bond donors (Lipinski definition) is 1. The monoisotopic (exact) mass is 429 g/mol. The van der Waals surface area contributed by atoms with Gasteiger partial charge in [-0.3, -0.25) is 4.79 Å². The molecule has 162 valence electrons. The van der Waals surface area contributed by atoms with Crippen LogP contribution in [-0.2, 0) is 11.0 Å². The van der Waals surface area contributed by atoms with Crippen LogP contribution in [0.5, 0.6) is 5.75 Å². The maximum absolute atomic E-state index is 12.7. The van der Waals surface area contributed by atoms with E-state index in [-0.39, 0.29) is 18.6 Å². The molecule has 0 unspecified atom stereocenters. The van der Waals surface area contributed by atoms with E-state index in [9.17, 15) is 18.0 Å². The van der Waals surface area contributed by atoms with Gasteiger partial charge in [0.1, 0.15) is 11.6 Å². The zero-order valence-electron chi connectivity index (χ0n) is 16.7. The van der Waals surface area contributed by atoms with Gasteiger partial charge in [0.15, 0.2) is 6.61 Å². The number of halogens is 3. The van der Waals surface area contributed by atoms with Gasteiger partial charge in [0.25, 0.3) is 5.91 Å². The van der Waals surface area contributed by atoms with Crippen molar-refractivity contribution < 1.29 is 22.7 Å². The van der Waals surface area contributed by atoms with Gasteiger partial charge in [0, 0.05) is 25.3 Å². The number of piperidine rings is 1. The quantitative estimate of drug-likeness (QED) is 0.653. The number of aromatic nitrogens is 1. The summed E-state index contributed by atoms with van der Waals surface area (Å²) in [6, 6.07) is 16.0. The number of benzene rings is 2. The number of nitrogens with zero attached hydrogens (tertiary/aromatic N) is 2. The van der Waals surface area contributed by atoms with Crippen LogP contribution in [0.4, 0.5) is 19.0 Å². The number of carbonyl (C=O) groups is 1. The molecule has 0 bridgehead atoms. The summed E-state index contributed by atoms with van der Waals surface area (Å²) in [5.41, 5.74) is -0.759. The average molecular weight is 429 g/mol. The molecule has 1 aliphatic rings. The molecule has 31 heavy (non-hydrogen) atoms.